The average Bonchev–Trinajstić information content (AvgIpc) is 3.51. The summed E-state index contributed by atoms with van der Waals surface area (Å²) < 4.78 is 0. The number of aliphatic imine (C=N–C) groups is 1. The highest BCUT2D eigenvalue weighted by Crippen LogP contribution is 2.49. The molecular formula is C22H13N5O2S2. The molecule has 0 fully saturated rings. The van der Waals surface area contributed by atoms with E-state index in [0.717, 1.165) is 0 Å². The van der Waals surface area contributed by atoms with Crippen molar-refractivity contribution in [3.63, 3.8) is 0 Å². The average molecular weight is 444 g/mol. The van der Waals surface area contributed by atoms with Crippen LogP contribution in [0.25, 0.3) is 0 Å². The molecule has 0 aliphatic carbocycles. The number of imide groups is 1. The lowest BCUT2D eigenvalue weighted by Crippen LogP contribution is -2.42. The zero-order valence-corrected chi connectivity index (χ0v) is 17.5. The first-order valence-corrected chi connectivity index (χ1v) is 11.0. The molecule has 0 bridgehead atoms. The molecule has 7 nitrogen and oxygen atoms in total. The van der Waals surface area contributed by atoms with Gasteiger partial charge in [-0.15, -0.1) is 22.7 Å². The smallest absolute Gasteiger partial charge is 0.261 e. The fourth-order valence-corrected chi connectivity index (χ4v) is 5.74. The maximum atomic E-state index is 12.8. The van der Waals surface area contributed by atoms with Crippen molar-refractivity contribution in [2.45, 2.75) is 12.6 Å². The van der Waals surface area contributed by atoms with Gasteiger partial charge < -0.3 is 5.73 Å². The van der Waals surface area contributed by atoms with Crippen molar-refractivity contribution >= 4 is 45.2 Å². The highest BCUT2D eigenvalue weighted by atomic mass is 32.1. The highest BCUT2D eigenvalue weighted by Gasteiger charge is 2.50. The number of fused-ring (bicyclic) bond motifs is 2. The van der Waals surface area contributed by atoms with Gasteiger partial charge in [-0.3, -0.25) is 14.5 Å². The van der Waals surface area contributed by atoms with Crippen LogP contribution in [0.4, 0.5) is 5.00 Å². The van der Waals surface area contributed by atoms with Crippen LogP contribution in [-0.4, -0.2) is 22.4 Å². The standard InChI is InChI=1S/C22H13N5O2S2/c23-10-22(11-24)17(25)16-12(9-31-19(16)26-18(22)15-6-3-7-30-15)8-27-20(28)13-4-1-2-5-14(13)21(27)29/h1-7,9,17H,8,25H2. The van der Waals surface area contributed by atoms with Crippen LogP contribution in [0.5, 0.6) is 0 Å². The van der Waals surface area contributed by atoms with Crippen molar-refractivity contribution < 1.29 is 9.59 Å². The number of nitrogens with two attached hydrogens (primary N) is 1. The minimum absolute atomic E-state index is 0.00265. The Labute approximate surface area is 185 Å². The molecule has 1 unspecified atom stereocenters. The van der Waals surface area contributed by atoms with Crippen LogP contribution >= 0.6 is 22.7 Å². The first kappa shape index (κ1) is 19.3. The van der Waals surface area contributed by atoms with E-state index in [1.807, 2.05) is 11.4 Å². The number of carbonyl (C=O) groups is 2. The van der Waals surface area contributed by atoms with Gasteiger partial charge in [0, 0.05) is 5.56 Å². The fraction of sp³-hybridized carbons (Fsp3) is 0.136. The Balaban J connectivity index is 1.59. The lowest BCUT2D eigenvalue weighted by Gasteiger charge is -2.31. The molecule has 2 aliphatic heterocycles. The largest absolute Gasteiger partial charge is 0.321 e. The SMILES string of the molecule is N#CC1(C#N)C(c2cccs2)=Nc2scc(CN3C(=O)c4ccccc4C3=O)c2C1N. The van der Waals surface area contributed by atoms with Crippen LogP contribution in [0.1, 0.15) is 42.8 Å². The molecule has 3 aromatic rings. The molecule has 1 atom stereocenters. The van der Waals surface area contributed by atoms with Gasteiger partial charge in [0.1, 0.15) is 5.00 Å². The summed E-state index contributed by atoms with van der Waals surface area (Å²) in [6.07, 6.45) is 0. The highest BCUT2D eigenvalue weighted by molar-refractivity contribution is 7.14. The molecule has 0 spiro atoms. The molecule has 0 saturated heterocycles. The number of carbonyl (C=O) groups excluding carboxylic acids is 2. The Morgan fingerprint density at radius 2 is 1.74 bits per heavy atom. The molecular weight excluding hydrogens is 430 g/mol. The van der Waals surface area contributed by atoms with Crippen molar-refractivity contribution in [2.24, 2.45) is 16.1 Å². The molecule has 9 heteroatoms. The normalized spacial score (nSPS) is 18.7. The van der Waals surface area contributed by atoms with Gasteiger partial charge in [-0.1, -0.05) is 18.2 Å². The zero-order chi connectivity index (χ0) is 21.8. The minimum Gasteiger partial charge on any atom is -0.321 e. The molecule has 31 heavy (non-hydrogen) atoms. The number of nitriles is 2. The number of nitrogens with zero attached hydrogens (tertiary/aromatic N) is 4. The Kier molecular flexibility index (Phi) is 4.34. The van der Waals surface area contributed by atoms with E-state index >= 15 is 0 Å². The molecule has 5 rings (SSSR count). The van der Waals surface area contributed by atoms with Gasteiger partial charge in [0.2, 0.25) is 5.41 Å². The Bertz CT molecular complexity index is 1310. The van der Waals surface area contributed by atoms with Crippen molar-refractivity contribution in [3.05, 3.63) is 74.3 Å². The van der Waals surface area contributed by atoms with E-state index in [2.05, 4.69) is 17.1 Å². The van der Waals surface area contributed by atoms with Gasteiger partial charge in [-0.05, 0) is 34.5 Å². The van der Waals surface area contributed by atoms with Crippen molar-refractivity contribution in [2.75, 3.05) is 0 Å². The molecule has 1 aromatic carbocycles. The van der Waals surface area contributed by atoms with Crippen molar-refractivity contribution in [1.29, 1.82) is 10.5 Å². The molecule has 2 aliphatic rings. The predicted octanol–water partition coefficient (Wildman–Crippen LogP) is 3.77. The lowest BCUT2D eigenvalue weighted by atomic mass is 9.73. The number of hydrogen-bond donors (Lipinski definition) is 1. The maximum absolute atomic E-state index is 12.8. The first-order valence-electron chi connectivity index (χ1n) is 9.28. The second-order valence-electron chi connectivity index (χ2n) is 7.17. The Morgan fingerprint density at radius 1 is 1.06 bits per heavy atom. The van der Waals surface area contributed by atoms with Gasteiger partial charge in [-0.25, -0.2) is 4.99 Å². The number of thiophene rings is 2. The summed E-state index contributed by atoms with van der Waals surface area (Å²) >= 11 is 2.70. The molecule has 2 amide bonds. The third-order valence-electron chi connectivity index (χ3n) is 5.57. The molecule has 4 heterocycles. The van der Waals surface area contributed by atoms with E-state index in [1.165, 1.54) is 27.6 Å². The van der Waals surface area contributed by atoms with E-state index in [1.54, 1.807) is 35.7 Å². The number of benzene rings is 1. The second kappa shape index (κ2) is 6.96. The van der Waals surface area contributed by atoms with Crippen LogP contribution in [0.3, 0.4) is 0 Å². The summed E-state index contributed by atoms with van der Waals surface area (Å²) in [7, 11) is 0. The minimum atomic E-state index is -1.67. The van der Waals surface area contributed by atoms with E-state index in [0.29, 0.717) is 37.8 Å². The monoisotopic (exact) mass is 443 g/mol. The van der Waals surface area contributed by atoms with Crippen LogP contribution in [-0.2, 0) is 6.54 Å². The van der Waals surface area contributed by atoms with Gasteiger partial charge in [0.05, 0.1) is 46.4 Å². The number of hydrogen-bond acceptors (Lipinski definition) is 8. The topological polar surface area (TPSA) is 123 Å². The summed E-state index contributed by atoms with van der Waals surface area (Å²) in [4.78, 5) is 32.1. The van der Waals surface area contributed by atoms with E-state index in [9.17, 15) is 20.1 Å². The third-order valence-corrected chi connectivity index (χ3v) is 7.38. The summed E-state index contributed by atoms with van der Waals surface area (Å²) in [6.45, 7) is 0.00265. The fourth-order valence-electron chi connectivity index (χ4n) is 3.97. The van der Waals surface area contributed by atoms with Crippen LogP contribution in [0.2, 0.25) is 0 Å². The summed E-state index contributed by atoms with van der Waals surface area (Å²) in [5, 5.41) is 24.2. The van der Waals surface area contributed by atoms with E-state index < -0.39 is 11.5 Å². The summed E-state index contributed by atoms with van der Waals surface area (Å²) in [5.74, 6) is -0.751. The lowest BCUT2D eigenvalue weighted by molar-refractivity contribution is 0.0642. The predicted molar refractivity (Wildman–Crippen MR) is 116 cm³/mol. The molecule has 0 radical (unpaired) electrons. The van der Waals surface area contributed by atoms with Crippen molar-refractivity contribution in [3.8, 4) is 12.1 Å². The Hall–Kier alpha value is -3.63. The van der Waals surface area contributed by atoms with E-state index in [4.69, 9.17) is 5.73 Å². The zero-order valence-electron chi connectivity index (χ0n) is 15.9. The number of amides is 2. The van der Waals surface area contributed by atoms with Crippen LogP contribution in [0.15, 0.2) is 52.2 Å². The molecule has 2 aromatic heterocycles. The van der Waals surface area contributed by atoms with Crippen molar-refractivity contribution in [1.82, 2.24) is 4.90 Å². The Morgan fingerprint density at radius 3 is 2.32 bits per heavy atom. The summed E-state index contributed by atoms with van der Waals surface area (Å²) in [6, 6.07) is 13.5. The van der Waals surface area contributed by atoms with Crippen LogP contribution in [0, 0.1) is 28.1 Å². The maximum Gasteiger partial charge on any atom is 0.261 e. The van der Waals surface area contributed by atoms with Gasteiger partial charge in [-0.2, -0.15) is 10.5 Å². The summed E-state index contributed by atoms with van der Waals surface area (Å²) in [5.41, 5.74) is 7.05. The quantitative estimate of drug-likeness (QED) is 0.617. The van der Waals surface area contributed by atoms with Gasteiger partial charge in [0.15, 0.2) is 0 Å². The van der Waals surface area contributed by atoms with Gasteiger partial charge in [0.25, 0.3) is 11.8 Å². The van der Waals surface area contributed by atoms with E-state index in [-0.39, 0.29) is 18.4 Å². The third kappa shape index (κ3) is 2.62. The number of rotatable bonds is 3. The van der Waals surface area contributed by atoms with Gasteiger partial charge >= 0.3 is 0 Å². The molecule has 150 valence electrons. The first-order chi connectivity index (χ1) is 15.0. The second-order valence-corrected chi connectivity index (χ2v) is 8.97. The molecule has 2 N–H and O–H groups in total. The van der Waals surface area contributed by atoms with Crippen LogP contribution < -0.4 is 5.73 Å². The molecule has 0 saturated carbocycles.